The van der Waals surface area contributed by atoms with Crippen LogP contribution in [0.1, 0.15) is 50.1 Å². The number of aryl methyl sites for hydroxylation is 1. The number of piperidine rings is 1. The normalized spacial score (nSPS) is 23.5. The van der Waals surface area contributed by atoms with Crippen LogP contribution in [0.25, 0.3) is 11.0 Å². The zero-order valence-electron chi connectivity index (χ0n) is 17.0. The predicted octanol–water partition coefficient (Wildman–Crippen LogP) is 3.84. The lowest BCUT2D eigenvalue weighted by molar-refractivity contribution is -0.126. The van der Waals surface area contributed by atoms with E-state index in [0.717, 1.165) is 66.5 Å². The molecule has 3 aliphatic rings. The van der Waals surface area contributed by atoms with Gasteiger partial charge in [0.2, 0.25) is 11.9 Å². The molecule has 2 aromatic rings. The van der Waals surface area contributed by atoms with Crippen molar-refractivity contribution < 1.29 is 9.53 Å². The molecule has 2 aliphatic heterocycles. The minimum Gasteiger partial charge on any atom is -0.379 e. The summed E-state index contributed by atoms with van der Waals surface area (Å²) in [5.74, 6) is 1.33. The molecule has 5 rings (SSSR count). The molecule has 0 spiro atoms. The summed E-state index contributed by atoms with van der Waals surface area (Å²) >= 11 is 6.44. The monoisotopic (exact) mass is 416 g/mol. The number of aromatic nitrogens is 2. The van der Waals surface area contributed by atoms with Crippen LogP contribution in [-0.4, -0.2) is 47.8 Å². The van der Waals surface area contributed by atoms with Crippen LogP contribution in [0.2, 0.25) is 5.02 Å². The van der Waals surface area contributed by atoms with Gasteiger partial charge in [0, 0.05) is 36.7 Å². The van der Waals surface area contributed by atoms with Gasteiger partial charge in [0.05, 0.1) is 23.7 Å². The first-order valence-electron chi connectivity index (χ1n) is 10.9. The third-order valence-corrected chi connectivity index (χ3v) is 7.22. The standard InChI is InChI=1S/C22H29ClN4O2/c1-14-11-19-20(12-18(14)23)27(17-3-2-4-17)22(25-19)26-8-5-15(6-9-26)21(28)24-16-7-10-29-13-16/h11-12,15-17H,2-10,13H2,1H3,(H,24,28). The zero-order chi connectivity index (χ0) is 20.0. The molecule has 29 heavy (non-hydrogen) atoms. The number of rotatable bonds is 4. The minimum atomic E-state index is 0.0880. The van der Waals surface area contributed by atoms with E-state index >= 15 is 0 Å². The summed E-state index contributed by atoms with van der Waals surface area (Å²) in [6, 6.07) is 4.87. The fourth-order valence-electron chi connectivity index (χ4n) is 4.74. The molecule has 0 radical (unpaired) electrons. The van der Waals surface area contributed by atoms with Crippen LogP contribution in [0, 0.1) is 12.8 Å². The van der Waals surface area contributed by atoms with Crippen LogP contribution in [0.5, 0.6) is 0 Å². The Morgan fingerprint density at radius 3 is 2.66 bits per heavy atom. The van der Waals surface area contributed by atoms with E-state index in [1.54, 1.807) is 0 Å². The summed E-state index contributed by atoms with van der Waals surface area (Å²) in [7, 11) is 0. The van der Waals surface area contributed by atoms with Gasteiger partial charge in [0.25, 0.3) is 0 Å². The molecule has 1 amide bonds. The molecule has 6 nitrogen and oxygen atoms in total. The Hall–Kier alpha value is -1.79. The number of nitrogens with one attached hydrogen (secondary N) is 1. The summed E-state index contributed by atoms with van der Waals surface area (Å²) in [5, 5.41) is 3.97. The maximum absolute atomic E-state index is 12.6. The molecule has 1 aromatic heterocycles. The largest absolute Gasteiger partial charge is 0.379 e. The maximum atomic E-state index is 12.6. The van der Waals surface area contributed by atoms with Gasteiger partial charge >= 0.3 is 0 Å². The van der Waals surface area contributed by atoms with Crippen molar-refractivity contribution in [1.82, 2.24) is 14.9 Å². The number of nitrogens with zero attached hydrogens (tertiary/aromatic N) is 3. The lowest BCUT2D eigenvalue weighted by Crippen LogP contribution is -2.44. The Morgan fingerprint density at radius 2 is 2.00 bits per heavy atom. The van der Waals surface area contributed by atoms with Crippen LogP contribution in [-0.2, 0) is 9.53 Å². The number of hydrogen-bond donors (Lipinski definition) is 1. The maximum Gasteiger partial charge on any atom is 0.223 e. The first-order valence-corrected chi connectivity index (χ1v) is 11.3. The average molecular weight is 417 g/mol. The number of ether oxygens (including phenoxy) is 1. The molecule has 0 bridgehead atoms. The molecule has 1 saturated carbocycles. The van der Waals surface area contributed by atoms with Gasteiger partial charge in [0.15, 0.2) is 0 Å². The van der Waals surface area contributed by atoms with Crippen molar-refractivity contribution in [2.75, 3.05) is 31.2 Å². The smallest absolute Gasteiger partial charge is 0.223 e. The topological polar surface area (TPSA) is 59.4 Å². The van der Waals surface area contributed by atoms with Gasteiger partial charge in [-0.3, -0.25) is 4.79 Å². The van der Waals surface area contributed by atoms with Crippen molar-refractivity contribution in [3.05, 3.63) is 22.7 Å². The van der Waals surface area contributed by atoms with Gasteiger partial charge in [-0.25, -0.2) is 4.98 Å². The molecule has 2 saturated heterocycles. The fraction of sp³-hybridized carbons (Fsp3) is 0.636. The number of hydrogen-bond acceptors (Lipinski definition) is 4. The third-order valence-electron chi connectivity index (χ3n) is 6.82. The van der Waals surface area contributed by atoms with Crippen molar-refractivity contribution in [2.45, 2.75) is 57.5 Å². The fourth-order valence-corrected chi connectivity index (χ4v) is 4.90. The summed E-state index contributed by atoms with van der Waals surface area (Å²) < 4.78 is 7.78. The Morgan fingerprint density at radius 1 is 1.21 bits per heavy atom. The number of halogens is 1. The highest BCUT2D eigenvalue weighted by atomic mass is 35.5. The quantitative estimate of drug-likeness (QED) is 0.822. The van der Waals surface area contributed by atoms with E-state index in [2.05, 4.69) is 26.9 Å². The molecule has 3 fully saturated rings. The third kappa shape index (κ3) is 3.61. The van der Waals surface area contributed by atoms with Crippen molar-refractivity contribution in [3.63, 3.8) is 0 Å². The number of imidazole rings is 1. The van der Waals surface area contributed by atoms with Crippen LogP contribution < -0.4 is 10.2 Å². The summed E-state index contributed by atoms with van der Waals surface area (Å²) in [4.78, 5) is 20.0. The van der Waals surface area contributed by atoms with E-state index in [1.807, 2.05) is 6.92 Å². The Kier molecular flexibility index (Phi) is 5.16. The molecular formula is C22H29ClN4O2. The number of carbonyl (C=O) groups excluding carboxylic acids is 1. The van der Waals surface area contributed by atoms with Crippen molar-refractivity contribution in [2.24, 2.45) is 5.92 Å². The van der Waals surface area contributed by atoms with Gasteiger partial charge < -0.3 is 19.5 Å². The molecule has 1 aromatic carbocycles. The first kappa shape index (κ1) is 19.2. The summed E-state index contributed by atoms with van der Waals surface area (Å²) in [6.07, 6.45) is 6.34. The van der Waals surface area contributed by atoms with E-state index < -0.39 is 0 Å². The molecule has 1 aliphatic carbocycles. The van der Waals surface area contributed by atoms with Crippen molar-refractivity contribution >= 4 is 34.5 Å². The highest BCUT2D eigenvalue weighted by molar-refractivity contribution is 6.32. The van der Waals surface area contributed by atoms with E-state index in [9.17, 15) is 4.79 Å². The summed E-state index contributed by atoms with van der Waals surface area (Å²) in [6.45, 7) is 5.16. The second-order valence-electron chi connectivity index (χ2n) is 8.79. The second-order valence-corrected chi connectivity index (χ2v) is 9.19. The number of amides is 1. The van der Waals surface area contributed by atoms with Gasteiger partial charge in [-0.2, -0.15) is 0 Å². The van der Waals surface area contributed by atoms with Crippen molar-refractivity contribution in [3.8, 4) is 0 Å². The zero-order valence-corrected chi connectivity index (χ0v) is 17.7. The average Bonchev–Trinajstić information content (AvgIpc) is 3.30. The van der Waals surface area contributed by atoms with Crippen molar-refractivity contribution in [1.29, 1.82) is 0 Å². The molecule has 3 heterocycles. The lowest BCUT2D eigenvalue weighted by Gasteiger charge is -2.36. The lowest BCUT2D eigenvalue weighted by atomic mass is 9.92. The van der Waals surface area contributed by atoms with Gasteiger partial charge in [-0.1, -0.05) is 11.6 Å². The summed E-state index contributed by atoms with van der Waals surface area (Å²) in [5.41, 5.74) is 3.23. The van der Waals surface area contributed by atoms with Crippen LogP contribution >= 0.6 is 11.6 Å². The van der Waals surface area contributed by atoms with E-state index in [-0.39, 0.29) is 17.9 Å². The number of benzene rings is 1. The number of anilines is 1. The first-order chi connectivity index (χ1) is 14.1. The Balaban J connectivity index is 1.34. The van der Waals surface area contributed by atoms with E-state index in [1.165, 1.54) is 19.3 Å². The molecule has 156 valence electrons. The second kappa shape index (κ2) is 7.80. The molecule has 7 heteroatoms. The highest BCUT2D eigenvalue weighted by Crippen LogP contribution is 2.40. The number of fused-ring (bicyclic) bond motifs is 1. The van der Waals surface area contributed by atoms with Crippen LogP contribution in [0.3, 0.4) is 0 Å². The Bertz CT molecular complexity index is 909. The van der Waals surface area contributed by atoms with Gasteiger partial charge in [-0.15, -0.1) is 0 Å². The van der Waals surface area contributed by atoms with Crippen LogP contribution in [0.4, 0.5) is 5.95 Å². The molecule has 1 atom stereocenters. The molecular weight excluding hydrogens is 388 g/mol. The SMILES string of the molecule is Cc1cc2nc(N3CCC(C(=O)NC4CCOC4)CC3)n(C3CCC3)c2cc1Cl. The van der Waals surface area contributed by atoms with E-state index in [4.69, 9.17) is 21.3 Å². The van der Waals surface area contributed by atoms with Gasteiger partial charge in [0.1, 0.15) is 0 Å². The molecule has 1 N–H and O–H groups in total. The Labute approximate surface area is 176 Å². The van der Waals surface area contributed by atoms with Crippen LogP contribution in [0.15, 0.2) is 12.1 Å². The number of carbonyl (C=O) groups is 1. The highest BCUT2D eigenvalue weighted by Gasteiger charge is 2.32. The molecule has 1 unspecified atom stereocenters. The van der Waals surface area contributed by atoms with Gasteiger partial charge in [-0.05, 0) is 63.1 Å². The van der Waals surface area contributed by atoms with E-state index in [0.29, 0.717) is 12.6 Å². The predicted molar refractivity (Wildman–Crippen MR) is 115 cm³/mol. The minimum absolute atomic E-state index is 0.0880.